The van der Waals surface area contributed by atoms with Gasteiger partial charge < -0.3 is 10.4 Å². The van der Waals surface area contributed by atoms with Crippen LogP contribution in [-0.4, -0.2) is 27.4 Å². The smallest absolute Gasteiger partial charge is 0.305 e. The zero-order valence-corrected chi connectivity index (χ0v) is 12.6. The fourth-order valence-corrected chi connectivity index (χ4v) is 2.97. The summed E-state index contributed by atoms with van der Waals surface area (Å²) in [5, 5.41) is 22.5. The Hall–Kier alpha value is -1.96. The monoisotopic (exact) mass is 356 g/mol. The van der Waals surface area contributed by atoms with Gasteiger partial charge in [0.05, 0.1) is 22.4 Å². The largest absolute Gasteiger partial charge is 0.481 e. The van der Waals surface area contributed by atoms with Gasteiger partial charge in [-0.1, -0.05) is 6.07 Å². The summed E-state index contributed by atoms with van der Waals surface area (Å²) in [6, 6.07) is 4.17. The molecule has 0 atom stereocenters. The molecule has 1 amide bonds. The molecule has 0 heterocycles. The first-order chi connectivity index (χ1) is 9.84. The van der Waals surface area contributed by atoms with E-state index in [-0.39, 0.29) is 22.1 Å². The van der Waals surface area contributed by atoms with Crippen LogP contribution >= 0.6 is 15.9 Å². The molecule has 0 radical (unpaired) electrons. The minimum Gasteiger partial charge on any atom is -0.481 e. The number of nitrogens with one attached hydrogen (secondary N) is 1. The average Bonchev–Trinajstić information content (AvgIpc) is 2.35. The lowest BCUT2D eigenvalue weighted by Gasteiger charge is -2.41. The fourth-order valence-electron chi connectivity index (χ4n) is 2.38. The van der Waals surface area contributed by atoms with E-state index >= 15 is 0 Å². The maximum atomic E-state index is 12.3. The van der Waals surface area contributed by atoms with Gasteiger partial charge >= 0.3 is 5.97 Å². The van der Waals surface area contributed by atoms with Gasteiger partial charge in [-0.15, -0.1) is 0 Å². The van der Waals surface area contributed by atoms with E-state index < -0.39 is 22.3 Å². The first-order valence-corrected chi connectivity index (χ1v) is 7.11. The van der Waals surface area contributed by atoms with Crippen molar-refractivity contribution < 1.29 is 19.6 Å². The van der Waals surface area contributed by atoms with Gasteiger partial charge in [-0.3, -0.25) is 19.7 Å². The van der Waals surface area contributed by atoms with Crippen LogP contribution in [0.4, 0.5) is 5.69 Å². The maximum Gasteiger partial charge on any atom is 0.305 e. The van der Waals surface area contributed by atoms with E-state index in [1.54, 1.807) is 0 Å². The Bertz CT molecular complexity index is 613. The van der Waals surface area contributed by atoms with Crippen molar-refractivity contribution >= 4 is 33.5 Å². The van der Waals surface area contributed by atoms with E-state index in [9.17, 15) is 19.7 Å². The predicted molar refractivity (Wildman–Crippen MR) is 77.1 cm³/mol. The standard InChI is InChI=1S/C13H13BrN2O5/c14-11-8(3-1-4-9(11)16(20)21)12(19)15-13(5-2-6-13)7-10(17)18/h1,3-4H,2,5-7H2,(H,15,19)(H,17,18). The number of nitro benzene ring substituents is 1. The summed E-state index contributed by atoms with van der Waals surface area (Å²) in [6.45, 7) is 0. The van der Waals surface area contributed by atoms with Crippen LogP contribution in [0.1, 0.15) is 36.0 Å². The van der Waals surface area contributed by atoms with Crippen LogP contribution in [0, 0.1) is 10.1 Å². The quantitative estimate of drug-likeness (QED) is 0.622. The number of benzene rings is 1. The summed E-state index contributed by atoms with van der Waals surface area (Å²) in [6.07, 6.45) is 1.89. The second-order valence-corrected chi connectivity index (χ2v) is 5.85. The molecule has 1 aromatic carbocycles. The Labute approximate surface area is 128 Å². The van der Waals surface area contributed by atoms with Gasteiger partial charge in [-0.05, 0) is 41.3 Å². The Morgan fingerprint density at radius 3 is 2.57 bits per heavy atom. The summed E-state index contributed by atoms with van der Waals surface area (Å²) < 4.78 is 0.0947. The number of hydrogen-bond acceptors (Lipinski definition) is 4. The fraction of sp³-hybridized carbons (Fsp3) is 0.385. The van der Waals surface area contributed by atoms with Crippen LogP contribution in [0.5, 0.6) is 0 Å². The topological polar surface area (TPSA) is 110 Å². The third kappa shape index (κ3) is 3.21. The van der Waals surface area contributed by atoms with E-state index in [0.29, 0.717) is 12.8 Å². The van der Waals surface area contributed by atoms with Crippen molar-refractivity contribution in [3.63, 3.8) is 0 Å². The van der Waals surface area contributed by atoms with Crippen LogP contribution in [0.25, 0.3) is 0 Å². The van der Waals surface area contributed by atoms with E-state index in [4.69, 9.17) is 5.11 Å². The summed E-state index contributed by atoms with van der Waals surface area (Å²) in [7, 11) is 0. The van der Waals surface area contributed by atoms with E-state index in [2.05, 4.69) is 21.2 Å². The van der Waals surface area contributed by atoms with Crippen molar-refractivity contribution in [3.8, 4) is 0 Å². The summed E-state index contributed by atoms with van der Waals surface area (Å²) in [4.78, 5) is 33.4. The second-order valence-electron chi connectivity index (χ2n) is 5.05. The highest BCUT2D eigenvalue weighted by atomic mass is 79.9. The molecule has 0 aromatic heterocycles. The highest BCUT2D eigenvalue weighted by molar-refractivity contribution is 9.10. The number of carboxylic acid groups (broad SMARTS) is 1. The SMILES string of the molecule is O=C(O)CC1(NC(=O)c2cccc([N+](=O)[O-])c2Br)CCC1. The lowest BCUT2D eigenvalue weighted by Crippen LogP contribution is -2.54. The first kappa shape index (κ1) is 15.4. The summed E-state index contributed by atoms with van der Waals surface area (Å²) in [5.41, 5.74) is -0.822. The van der Waals surface area contributed by atoms with Crippen molar-refractivity contribution in [2.24, 2.45) is 0 Å². The molecule has 112 valence electrons. The zero-order valence-electron chi connectivity index (χ0n) is 11.0. The lowest BCUT2D eigenvalue weighted by atomic mass is 9.74. The van der Waals surface area contributed by atoms with Gasteiger partial charge in [0.25, 0.3) is 11.6 Å². The molecule has 1 aliphatic rings. The molecule has 0 spiro atoms. The lowest BCUT2D eigenvalue weighted by molar-refractivity contribution is -0.385. The van der Waals surface area contributed by atoms with Crippen LogP contribution in [0.15, 0.2) is 22.7 Å². The minimum absolute atomic E-state index is 0.0947. The van der Waals surface area contributed by atoms with E-state index in [1.807, 2.05) is 0 Å². The van der Waals surface area contributed by atoms with Crippen molar-refractivity contribution in [1.82, 2.24) is 5.32 Å². The highest BCUT2D eigenvalue weighted by Crippen LogP contribution is 2.36. The number of nitrogens with zero attached hydrogens (tertiary/aromatic N) is 1. The number of rotatable bonds is 5. The Morgan fingerprint density at radius 1 is 1.43 bits per heavy atom. The normalized spacial score (nSPS) is 15.9. The first-order valence-electron chi connectivity index (χ1n) is 6.32. The Morgan fingerprint density at radius 2 is 2.10 bits per heavy atom. The molecular formula is C13H13BrN2O5. The molecule has 1 aliphatic carbocycles. The van der Waals surface area contributed by atoms with Crippen molar-refractivity contribution in [1.29, 1.82) is 0 Å². The number of carbonyl (C=O) groups excluding carboxylic acids is 1. The zero-order chi connectivity index (χ0) is 15.6. The summed E-state index contributed by atoms with van der Waals surface area (Å²) >= 11 is 3.06. The third-order valence-corrected chi connectivity index (χ3v) is 4.43. The van der Waals surface area contributed by atoms with Crippen LogP contribution in [0.2, 0.25) is 0 Å². The Kier molecular flexibility index (Phi) is 4.26. The second kappa shape index (κ2) is 5.80. The highest BCUT2D eigenvalue weighted by Gasteiger charge is 2.40. The predicted octanol–water partition coefficient (Wildman–Crippen LogP) is 2.48. The molecule has 1 aromatic rings. The number of amides is 1. The number of carbonyl (C=O) groups is 2. The maximum absolute atomic E-state index is 12.3. The van der Waals surface area contributed by atoms with Gasteiger partial charge in [-0.2, -0.15) is 0 Å². The summed E-state index contributed by atoms with van der Waals surface area (Å²) in [5.74, 6) is -1.49. The molecule has 0 bridgehead atoms. The van der Waals surface area contributed by atoms with Gasteiger partial charge in [0.15, 0.2) is 0 Å². The third-order valence-electron chi connectivity index (χ3n) is 3.60. The van der Waals surface area contributed by atoms with Gasteiger partial charge in [-0.25, -0.2) is 0 Å². The molecule has 0 unspecified atom stereocenters. The van der Waals surface area contributed by atoms with Gasteiger partial charge in [0, 0.05) is 6.07 Å². The Balaban J connectivity index is 2.23. The molecular weight excluding hydrogens is 344 g/mol. The number of halogens is 1. The van der Waals surface area contributed by atoms with Gasteiger partial charge in [0.2, 0.25) is 0 Å². The van der Waals surface area contributed by atoms with Crippen LogP contribution < -0.4 is 5.32 Å². The van der Waals surface area contributed by atoms with Crippen molar-refractivity contribution in [2.75, 3.05) is 0 Å². The molecule has 1 saturated carbocycles. The number of hydrogen-bond donors (Lipinski definition) is 2. The van der Waals surface area contributed by atoms with Crippen molar-refractivity contribution in [3.05, 3.63) is 38.3 Å². The number of aliphatic carboxylic acids is 1. The number of carboxylic acids is 1. The average molecular weight is 357 g/mol. The molecule has 1 fully saturated rings. The molecule has 7 nitrogen and oxygen atoms in total. The molecule has 21 heavy (non-hydrogen) atoms. The molecule has 0 saturated heterocycles. The van der Waals surface area contributed by atoms with Crippen LogP contribution in [0.3, 0.4) is 0 Å². The van der Waals surface area contributed by atoms with Crippen molar-refractivity contribution in [2.45, 2.75) is 31.2 Å². The minimum atomic E-state index is -0.979. The van der Waals surface area contributed by atoms with Crippen LogP contribution in [-0.2, 0) is 4.79 Å². The molecule has 2 rings (SSSR count). The van der Waals surface area contributed by atoms with E-state index in [0.717, 1.165) is 6.42 Å². The number of nitro groups is 1. The molecule has 8 heteroatoms. The van der Waals surface area contributed by atoms with Gasteiger partial charge in [0.1, 0.15) is 4.47 Å². The van der Waals surface area contributed by atoms with E-state index in [1.165, 1.54) is 18.2 Å². The molecule has 2 N–H and O–H groups in total. The molecule has 0 aliphatic heterocycles.